The van der Waals surface area contributed by atoms with Gasteiger partial charge in [0, 0.05) is 6.54 Å². The van der Waals surface area contributed by atoms with Crippen LogP contribution in [0, 0.1) is 12.8 Å². The molecule has 0 radical (unpaired) electrons. The second-order valence-corrected chi connectivity index (χ2v) is 5.19. The second kappa shape index (κ2) is 5.66. The summed E-state index contributed by atoms with van der Waals surface area (Å²) in [5.74, 6) is 1.42. The number of aromatic nitrogens is 3. The van der Waals surface area contributed by atoms with E-state index in [0.717, 1.165) is 5.82 Å². The van der Waals surface area contributed by atoms with E-state index in [1.165, 1.54) is 0 Å². The lowest BCUT2D eigenvalue weighted by atomic mass is 10.0. The van der Waals surface area contributed by atoms with Gasteiger partial charge in [-0.2, -0.15) is 5.10 Å². The largest absolute Gasteiger partial charge is 0.366 e. The second-order valence-electron chi connectivity index (χ2n) is 5.19. The van der Waals surface area contributed by atoms with Gasteiger partial charge in [-0.15, -0.1) is 0 Å². The molecule has 0 saturated carbocycles. The number of aryl methyl sites for hydroxylation is 1. The monoisotopic (exact) mass is 267 g/mol. The van der Waals surface area contributed by atoms with Gasteiger partial charge in [-0.3, -0.25) is 9.89 Å². The average Bonchev–Trinajstić information content (AvgIpc) is 2.84. The van der Waals surface area contributed by atoms with Gasteiger partial charge in [0.15, 0.2) is 5.82 Å². The molecule has 1 saturated heterocycles. The zero-order chi connectivity index (χ0) is 14.0. The first kappa shape index (κ1) is 14.0. The molecule has 0 aliphatic carbocycles. The molecule has 7 nitrogen and oxygen atoms in total. The van der Waals surface area contributed by atoms with E-state index < -0.39 is 6.04 Å². The molecule has 2 atom stereocenters. The Labute approximate surface area is 112 Å². The average molecular weight is 267 g/mol. The number of carbonyl (C=O) groups is 1. The first-order valence-electron chi connectivity index (χ1n) is 6.54. The van der Waals surface area contributed by atoms with Gasteiger partial charge in [-0.25, -0.2) is 4.98 Å². The van der Waals surface area contributed by atoms with Crippen molar-refractivity contribution in [3.8, 4) is 0 Å². The Hall–Kier alpha value is -1.47. The van der Waals surface area contributed by atoms with Crippen LogP contribution in [-0.2, 0) is 9.53 Å². The van der Waals surface area contributed by atoms with Crippen molar-refractivity contribution in [3.63, 3.8) is 0 Å². The van der Waals surface area contributed by atoms with Crippen molar-refractivity contribution in [1.82, 2.24) is 20.1 Å². The van der Waals surface area contributed by atoms with Crippen LogP contribution in [0.25, 0.3) is 0 Å². The van der Waals surface area contributed by atoms with E-state index in [1.54, 1.807) is 4.90 Å². The Morgan fingerprint density at radius 2 is 2.32 bits per heavy atom. The topological polar surface area (TPSA) is 97.1 Å². The van der Waals surface area contributed by atoms with Crippen LogP contribution in [0.5, 0.6) is 0 Å². The number of amides is 1. The number of H-pyrrole nitrogens is 1. The van der Waals surface area contributed by atoms with Crippen molar-refractivity contribution in [2.24, 2.45) is 11.7 Å². The molecule has 106 valence electrons. The fourth-order valence-electron chi connectivity index (χ4n) is 2.01. The van der Waals surface area contributed by atoms with Crippen LogP contribution < -0.4 is 5.73 Å². The van der Waals surface area contributed by atoms with Crippen LogP contribution in [0.2, 0.25) is 0 Å². The third kappa shape index (κ3) is 3.10. The van der Waals surface area contributed by atoms with E-state index in [0.29, 0.717) is 25.5 Å². The third-order valence-electron chi connectivity index (χ3n) is 3.28. The molecule has 0 spiro atoms. The minimum atomic E-state index is -0.465. The Bertz CT molecular complexity index is 445. The number of nitrogens with zero attached hydrogens (tertiary/aromatic N) is 3. The molecule has 1 aliphatic heterocycles. The molecular weight excluding hydrogens is 246 g/mol. The molecule has 0 bridgehead atoms. The van der Waals surface area contributed by atoms with Gasteiger partial charge in [0.05, 0.1) is 19.2 Å². The number of carbonyl (C=O) groups excluding carboxylic acids is 1. The van der Waals surface area contributed by atoms with Gasteiger partial charge in [0.2, 0.25) is 5.91 Å². The molecule has 1 unspecified atom stereocenters. The van der Waals surface area contributed by atoms with E-state index in [2.05, 4.69) is 15.2 Å². The fraction of sp³-hybridized carbons (Fsp3) is 0.750. The number of rotatable bonds is 3. The molecule has 1 amide bonds. The molecule has 2 heterocycles. The lowest BCUT2D eigenvalue weighted by molar-refractivity contribution is -0.141. The number of morpholine rings is 1. The van der Waals surface area contributed by atoms with Crippen molar-refractivity contribution in [2.75, 3.05) is 19.7 Å². The number of ether oxygens (including phenoxy) is 1. The molecular formula is C12H21N5O2. The lowest BCUT2D eigenvalue weighted by Crippen LogP contribution is -2.51. The number of nitrogens with one attached hydrogen (secondary N) is 1. The SMILES string of the molecule is Cc1nc(C2CN(C(=O)[C@@H](N)C(C)C)CCO2)n[nH]1. The summed E-state index contributed by atoms with van der Waals surface area (Å²) < 4.78 is 5.62. The van der Waals surface area contributed by atoms with Crippen molar-refractivity contribution >= 4 is 5.91 Å². The third-order valence-corrected chi connectivity index (χ3v) is 3.28. The predicted octanol–water partition coefficient (Wildman–Crippen LogP) is -0.00368. The van der Waals surface area contributed by atoms with Crippen LogP contribution in [0.3, 0.4) is 0 Å². The van der Waals surface area contributed by atoms with Crippen molar-refractivity contribution in [1.29, 1.82) is 0 Å². The summed E-state index contributed by atoms with van der Waals surface area (Å²) in [6, 6.07) is -0.465. The molecule has 1 aromatic rings. The highest BCUT2D eigenvalue weighted by Crippen LogP contribution is 2.20. The maximum atomic E-state index is 12.2. The molecule has 3 N–H and O–H groups in total. The molecule has 1 aromatic heterocycles. The highest BCUT2D eigenvalue weighted by atomic mass is 16.5. The Balaban J connectivity index is 2.03. The normalized spacial score (nSPS) is 21.7. The molecule has 7 heteroatoms. The van der Waals surface area contributed by atoms with E-state index in [1.807, 2.05) is 20.8 Å². The highest BCUT2D eigenvalue weighted by Gasteiger charge is 2.31. The summed E-state index contributed by atoms with van der Waals surface area (Å²) in [4.78, 5) is 18.2. The van der Waals surface area contributed by atoms with Crippen molar-refractivity contribution in [2.45, 2.75) is 32.9 Å². The summed E-state index contributed by atoms with van der Waals surface area (Å²) in [5.41, 5.74) is 5.91. The maximum Gasteiger partial charge on any atom is 0.239 e. The van der Waals surface area contributed by atoms with Gasteiger partial charge in [-0.1, -0.05) is 13.8 Å². The minimum absolute atomic E-state index is 0.0319. The predicted molar refractivity (Wildman–Crippen MR) is 69.2 cm³/mol. The first-order valence-corrected chi connectivity index (χ1v) is 6.54. The van der Waals surface area contributed by atoms with Crippen LogP contribution in [0.4, 0.5) is 0 Å². The fourth-order valence-corrected chi connectivity index (χ4v) is 2.01. The Morgan fingerprint density at radius 1 is 1.58 bits per heavy atom. The smallest absolute Gasteiger partial charge is 0.239 e. The number of hydrogen-bond acceptors (Lipinski definition) is 5. The number of aromatic amines is 1. The van der Waals surface area contributed by atoms with Gasteiger partial charge in [0.25, 0.3) is 0 Å². The van der Waals surface area contributed by atoms with E-state index >= 15 is 0 Å². The Kier molecular flexibility index (Phi) is 4.16. The highest BCUT2D eigenvalue weighted by molar-refractivity contribution is 5.82. The Morgan fingerprint density at radius 3 is 2.89 bits per heavy atom. The van der Waals surface area contributed by atoms with E-state index in [-0.39, 0.29) is 17.9 Å². The molecule has 2 rings (SSSR count). The number of nitrogens with two attached hydrogens (primary N) is 1. The standard InChI is InChI=1S/C12H21N5O2/c1-7(2)10(13)12(18)17-4-5-19-9(6-17)11-14-8(3)15-16-11/h7,9-10H,4-6,13H2,1-3H3,(H,14,15,16)/t9?,10-/m0/s1. The van der Waals surface area contributed by atoms with Gasteiger partial charge >= 0.3 is 0 Å². The summed E-state index contributed by atoms with van der Waals surface area (Å²) in [6.45, 7) is 7.22. The maximum absolute atomic E-state index is 12.2. The van der Waals surface area contributed by atoms with Crippen LogP contribution in [0.1, 0.15) is 31.6 Å². The van der Waals surface area contributed by atoms with Gasteiger partial charge in [-0.05, 0) is 12.8 Å². The first-order chi connectivity index (χ1) is 8.99. The molecule has 0 aromatic carbocycles. The van der Waals surface area contributed by atoms with Crippen LogP contribution in [0.15, 0.2) is 0 Å². The zero-order valence-electron chi connectivity index (χ0n) is 11.6. The summed E-state index contributed by atoms with van der Waals surface area (Å²) in [7, 11) is 0. The lowest BCUT2D eigenvalue weighted by Gasteiger charge is -2.34. The molecule has 1 aliphatic rings. The van der Waals surface area contributed by atoms with E-state index in [4.69, 9.17) is 10.5 Å². The van der Waals surface area contributed by atoms with Crippen LogP contribution in [-0.4, -0.2) is 51.7 Å². The van der Waals surface area contributed by atoms with Gasteiger partial charge in [0.1, 0.15) is 11.9 Å². The number of hydrogen-bond donors (Lipinski definition) is 2. The van der Waals surface area contributed by atoms with E-state index in [9.17, 15) is 4.79 Å². The summed E-state index contributed by atoms with van der Waals surface area (Å²) in [6.07, 6.45) is -0.276. The van der Waals surface area contributed by atoms with Gasteiger partial charge < -0.3 is 15.4 Å². The zero-order valence-corrected chi connectivity index (χ0v) is 11.6. The van der Waals surface area contributed by atoms with Crippen molar-refractivity contribution in [3.05, 3.63) is 11.6 Å². The molecule has 19 heavy (non-hydrogen) atoms. The summed E-state index contributed by atoms with van der Waals surface area (Å²) >= 11 is 0. The quantitative estimate of drug-likeness (QED) is 0.803. The minimum Gasteiger partial charge on any atom is -0.366 e. The van der Waals surface area contributed by atoms with Crippen LogP contribution >= 0.6 is 0 Å². The van der Waals surface area contributed by atoms with Crippen molar-refractivity contribution < 1.29 is 9.53 Å². The summed E-state index contributed by atoms with van der Waals surface area (Å²) in [5, 5.41) is 6.86. The molecule has 1 fully saturated rings.